The van der Waals surface area contributed by atoms with Crippen molar-refractivity contribution in [1.82, 2.24) is 0 Å². The summed E-state index contributed by atoms with van der Waals surface area (Å²) in [6.45, 7) is 4.63. The topological polar surface area (TPSA) is 26.3 Å². The van der Waals surface area contributed by atoms with Crippen LogP contribution in [-0.2, 0) is 9.53 Å². The van der Waals surface area contributed by atoms with Crippen LogP contribution in [0.15, 0.2) is 12.2 Å². The average Bonchev–Trinajstić information content (AvgIpc) is 2.51. The summed E-state index contributed by atoms with van der Waals surface area (Å²) in [4.78, 5) is 11.1. The van der Waals surface area contributed by atoms with Crippen LogP contribution in [0.2, 0.25) is 0 Å². The van der Waals surface area contributed by atoms with Crippen LogP contribution < -0.4 is 0 Å². The quantitative estimate of drug-likeness (QED) is 0.183. The number of rotatable bonds is 16. The molecule has 0 aliphatic heterocycles. The Morgan fingerprint density at radius 2 is 1.23 bits per heavy atom. The first-order chi connectivity index (χ1) is 10.8. The third-order valence-corrected chi connectivity index (χ3v) is 3.95. The van der Waals surface area contributed by atoms with E-state index in [-0.39, 0.29) is 5.97 Å². The van der Waals surface area contributed by atoms with Crippen LogP contribution in [0.3, 0.4) is 0 Å². The summed E-state index contributed by atoms with van der Waals surface area (Å²) in [6.07, 6.45) is 22.0. The van der Waals surface area contributed by atoms with E-state index in [1.807, 2.05) is 6.92 Å². The van der Waals surface area contributed by atoms with E-state index in [9.17, 15) is 4.79 Å². The molecule has 0 heterocycles. The van der Waals surface area contributed by atoms with Crippen LogP contribution in [0.4, 0.5) is 0 Å². The molecule has 0 aliphatic carbocycles. The van der Waals surface area contributed by atoms with Crippen molar-refractivity contribution in [3.8, 4) is 0 Å². The number of ether oxygens (including phenoxy) is 1. The maximum absolute atomic E-state index is 11.1. The Morgan fingerprint density at radius 3 is 1.77 bits per heavy atom. The molecule has 0 aromatic rings. The van der Waals surface area contributed by atoms with Crippen LogP contribution in [0, 0.1) is 0 Å². The van der Waals surface area contributed by atoms with Gasteiger partial charge >= 0.3 is 5.97 Å². The minimum absolute atomic E-state index is 0.0380. The van der Waals surface area contributed by atoms with E-state index in [1.165, 1.54) is 70.6 Å². The first kappa shape index (κ1) is 21.2. The van der Waals surface area contributed by atoms with E-state index in [4.69, 9.17) is 4.74 Å². The van der Waals surface area contributed by atoms with Gasteiger partial charge in [-0.05, 0) is 39.0 Å². The Labute approximate surface area is 138 Å². The van der Waals surface area contributed by atoms with Gasteiger partial charge in [-0.25, -0.2) is 0 Å². The van der Waals surface area contributed by atoms with Gasteiger partial charge in [0.05, 0.1) is 6.61 Å². The summed E-state index contributed by atoms with van der Waals surface area (Å²) >= 11 is 0. The van der Waals surface area contributed by atoms with Crippen molar-refractivity contribution in [2.24, 2.45) is 0 Å². The Morgan fingerprint density at radius 1 is 0.727 bits per heavy atom. The first-order valence-corrected chi connectivity index (χ1v) is 9.61. The van der Waals surface area contributed by atoms with Crippen LogP contribution in [-0.4, -0.2) is 12.6 Å². The highest BCUT2D eigenvalue weighted by Gasteiger charge is 2.00. The fraction of sp³-hybridized carbons (Fsp3) is 0.850. The molecule has 0 saturated heterocycles. The summed E-state index contributed by atoms with van der Waals surface area (Å²) < 4.78 is 4.92. The lowest BCUT2D eigenvalue weighted by Gasteiger charge is -2.02. The molecule has 22 heavy (non-hydrogen) atoms. The third-order valence-electron chi connectivity index (χ3n) is 3.95. The van der Waals surface area contributed by atoms with Crippen molar-refractivity contribution in [2.45, 2.75) is 104 Å². The van der Waals surface area contributed by atoms with Gasteiger partial charge in [-0.1, -0.05) is 70.4 Å². The summed E-state index contributed by atoms with van der Waals surface area (Å²) in [7, 11) is 0. The first-order valence-electron chi connectivity index (χ1n) is 9.61. The molecule has 0 amide bonds. The summed E-state index contributed by atoms with van der Waals surface area (Å²) in [5.41, 5.74) is 0. The number of esters is 1. The highest BCUT2D eigenvalue weighted by Crippen LogP contribution is 2.11. The molecule has 0 aromatic heterocycles. The monoisotopic (exact) mass is 310 g/mol. The van der Waals surface area contributed by atoms with E-state index in [1.54, 1.807) is 0 Å². The molecule has 0 saturated carbocycles. The van der Waals surface area contributed by atoms with E-state index >= 15 is 0 Å². The van der Waals surface area contributed by atoms with Gasteiger partial charge in [-0.3, -0.25) is 4.79 Å². The molecule has 0 N–H and O–H groups in total. The minimum atomic E-state index is -0.0380. The second-order valence-corrected chi connectivity index (χ2v) is 6.14. The zero-order valence-electron chi connectivity index (χ0n) is 15.1. The molecule has 0 bridgehead atoms. The lowest BCUT2D eigenvalue weighted by molar-refractivity contribution is -0.143. The Bertz CT molecular complexity index is 258. The van der Waals surface area contributed by atoms with Crippen LogP contribution >= 0.6 is 0 Å². The van der Waals surface area contributed by atoms with E-state index in [0.29, 0.717) is 13.0 Å². The zero-order chi connectivity index (χ0) is 16.3. The molecule has 0 atom stereocenters. The van der Waals surface area contributed by atoms with Gasteiger partial charge in [-0.2, -0.15) is 0 Å². The maximum atomic E-state index is 11.1. The van der Waals surface area contributed by atoms with Crippen molar-refractivity contribution >= 4 is 5.97 Å². The molecule has 0 aromatic carbocycles. The predicted molar refractivity (Wildman–Crippen MR) is 96.1 cm³/mol. The van der Waals surface area contributed by atoms with Gasteiger partial charge < -0.3 is 4.74 Å². The molecule has 0 radical (unpaired) electrons. The molecule has 0 unspecified atom stereocenters. The van der Waals surface area contributed by atoms with E-state index < -0.39 is 0 Å². The van der Waals surface area contributed by atoms with E-state index in [0.717, 1.165) is 12.8 Å². The smallest absolute Gasteiger partial charge is 0.305 e. The number of hydrogen-bond donors (Lipinski definition) is 0. The van der Waals surface area contributed by atoms with Gasteiger partial charge in [0, 0.05) is 6.42 Å². The summed E-state index contributed by atoms with van der Waals surface area (Å²) in [5, 5.41) is 0. The highest BCUT2D eigenvalue weighted by atomic mass is 16.5. The molecule has 130 valence electrons. The normalized spacial score (nSPS) is 11.2. The van der Waals surface area contributed by atoms with Crippen LogP contribution in [0.25, 0.3) is 0 Å². The van der Waals surface area contributed by atoms with E-state index in [2.05, 4.69) is 19.1 Å². The van der Waals surface area contributed by atoms with Gasteiger partial charge in [0.25, 0.3) is 0 Å². The summed E-state index contributed by atoms with van der Waals surface area (Å²) in [5.74, 6) is -0.0380. The van der Waals surface area contributed by atoms with Gasteiger partial charge in [0.1, 0.15) is 0 Å². The Kier molecular flexibility index (Phi) is 17.6. The Hall–Kier alpha value is -0.790. The van der Waals surface area contributed by atoms with Crippen molar-refractivity contribution in [2.75, 3.05) is 6.61 Å². The van der Waals surface area contributed by atoms with Gasteiger partial charge in [0.15, 0.2) is 0 Å². The molecule has 2 heteroatoms. The fourth-order valence-corrected chi connectivity index (χ4v) is 2.57. The predicted octanol–water partition coefficient (Wildman–Crippen LogP) is 6.59. The number of carbonyl (C=O) groups excluding carboxylic acids is 1. The average molecular weight is 311 g/mol. The second kappa shape index (κ2) is 18.3. The number of hydrogen-bond acceptors (Lipinski definition) is 2. The summed E-state index contributed by atoms with van der Waals surface area (Å²) in [6, 6.07) is 0. The van der Waals surface area contributed by atoms with Crippen molar-refractivity contribution in [1.29, 1.82) is 0 Å². The molecule has 0 aliphatic rings. The molecule has 2 nitrogen and oxygen atoms in total. The number of allylic oxidation sites excluding steroid dienone is 2. The number of carbonyl (C=O) groups is 1. The Balaban J connectivity index is 3.11. The SMILES string of the molecule is CCCCCC/C=C\CCCCCCCCCC(=O)OCC. The molecule has 0 spiro atoms. The second-order valence-electron chi connectivity index (χ2n) is 6.14. The van der Waals surface area contributed by atoms with Gasteiger partial charge in [-0.15, -0.1) is 0 Å². The van der Waals surface area contributed by atoms with Crippen LogP contribution in [0.1, 0.15) is 104 Å². The standard InChI is InChI=1S/C20H38O2/c1-3-5-6-7-8-9-10-11-12-13-14-15-16-17-18-19-20(21)22-4-2/h9-10H,3-8,11-19H2,1-2H3/b10-9-. The highest BCUT2D eigenvalue weighted by molar-refractivity contribution is 5.69. The largest absolute Gasteiger partial charge is 0.466 e. The third kappa shape index (κ3) is 17.3. The minimum Gasteiger partial charge on any atom is -0.466 e. The fourth-order valence-electron chi connectivity index (χ4n) is 2.57. The van der Waals surface area contributed by atoms with Crippen molar-refractivity contribution in [3.05, 3.63) is 12.2 Å². The zero-order valence-corrected chi connectivity index (χ0v) is 15.1. The number of unbranched alkanes of at least 4 members (excludes halogenated alkanes) is 11. The van der Waals surface area contributed by atoms with Crippen LogP contribution in [0.5, 0.6) is 0 Å². The molecular weight excluding hydrogens is 272 g/mol. The molecule has 0 fully saturated rings. The lowest BCUT2D eigenvalue weighted by atomic mass is 10.1. The van der Waals surface area contributed by atoms with Crippen molar-refractivity contribution < 1.29 is 9.53 Å². The molecular formula is C20H38O2. The maximum Gasteiger partial charge on any atom is 0.305 e. The molecule has 0 rings (SSSR count). The lowest BCUT2D eigenvalue weighted by Crippen LogP contribution is -2.03. The van der Waals surface area contributed by atoms with Crippen molar-refractivity contribution in [3.63, 3.8) is 0 Å². The van der Waals surface area contributed by atoms with Gasteiger partial charge in [0.2, 0.25) is 0 Å².